The van der Waals surface area contributed by atoms with Gasteiger partial charge in [0.15, 0.2) is 0 Å². The highest BCUT2D eigenvalue weighted by atomic mass is 15.2. The van der Waals surface area contributed by atoms with E-state index in [0.29, 0.717) is 10.8 Å². The fourth-order valence-corrected chi connectivity index (χ4v) is 3.64. The summed E-state index contributed by atoms with van der Waals surface area (Å²) in [6.07, 6.45) is 5.18. The van der Waals surface area contributed by atoms with E-state index in [9.17, 15) is 0 Å². The number of hydrogen-bond donors (Lipinski definition) is 1. The van der Waals surface area contributed by atoms with Gasteiger partial charge in [0.2, 0.25) is 0 Å². The van der Waals surface area contributed by atoms with Crippen molar-refractivity contribution in [3.8, 4) is 0 Å². The minimum Gasteiger partial charge on any atom is -0.329 e. The van der Waals surface area contributed by atoms with Gasteiger partial charge in [0.25, 0.3) is 0 Å². The van der Waals surface area contributed by atoms with Crippen LogP contribution in [-0.2, 0) is 0 Å². The lowest BCUT2D eigenvalue weighted by Crippen LogP contribution is -2.56. The van der Waals surface area contributed by atoms with Crippen molar-refractivity contribution >= 4 is 0 Å². The molecule has 0 unspecified atom stereocenters. The van der Waals surface area contributed by atoms with Crippen LogP contribution in [0.4, 0.5) is 0 Å². The molecular weight excluding hydrogens is 232 g/mol. The molecule has 0 spiro atoms. The lowest BCUT2D eigenvalue weighted by molar-refractivity contribution is 0.0201. The van der Waals surface area contributed by atoms with Crippen LogP contribution >= 0.6 is 0 Å². The molecule has 2 heteroatoms. The van der Waals surface area contributed by atoms with Gasteiger partial charge in [-0.05, 0) is 49.5 Å². The summed E-state index contributed by atoms with van der Waals surface area (Å²) in [5.74, 6) is 0.857. The average Bonchev–Trinajstić information content (AvgIpc) is 2.25. The monoisotopic (exact) mass is 268 g/mol. The van der Waals surface area contributed by atoms with Crippen molar-refractivity contribution in [2.24, 2.45) is 22.5 Å². The first-order valence-corrected chi connectivity index (χ1v) is 7.91. The van der Waals surface area contributed by atoms with Crippen molar-refractivity contribution in [3.63, 3.8) is 0 Å². The Morgan fingerprint density at radius 1 is 1.05 bits per heavy atom. The number of likely N-dealkylation sites (N-methyl/N-ethyl adjacent to an activating group) is 1. The van der Waals surface area contributed by atoms with Gasteiger partial charge in [-0.2, -0.15) is 0 Å². The molecule has 2 nitrogen and oxygen atoms in total. The van der Waals surface area contributed by atoms with E-state index in [1.54, 1.807) is 0 Å². The summed E-state index contributed by atoms with van der Waals surface area (Å²) in [4.78, 5) is 2.55. The Hall–Kier alpha value is -0.0800. The molecule has 0 radical (unpaired) electrons. The van der Waals surface area contributed by atoms with E-state index in [1.165, 1.54) is 25.7 Å². The zero-order valence-electron chi connectivity index (χ0n) is 14.3. The van der Waals surface area contributed by atoms with Gasteiger partial charge < -0.3 is 5.73 Å². The first-order chi connectivity index (χ1) is 8.50. The quantitative estimate of drug-likeness (QED) is 0.841. The van der Waals surface area contributed by atoms with Crippen LogP contribution in [0, 0.1) is 16.7 Å². The molecule has 114 valence electrons. The second kappa shape index (κ2) is 5.73. The van der Waals surface area contributed by atoms with E-state index in [4.69, 9.17) is 5.73 Å². The summed E-state index contributed by atoms with van der Waals surface area (Å²) in [6.45, 7) is 16.0. The number of nitrogens with two attached hydrogens (primary N) is 1. The summed E-state index contributed by atoms with van der Waals surface area (Å²) in [6, 6.07) is 0. The zero-order valence-corrected chi connectivity index (χ0v) is 14.3. The number of nitrogens with zero attached hydrogens (tertiary/aromatic N) is 1. The molecule has 2 N–H and O–H groups in total. The minimum atomic E-state index is 0.245. The van der Waals surface area contributed by atoms with Crippen LogP contribution < -0.4 is 5.73 Å². The van der Waals surface area contributed by atoms with Crippen molar-refractivity contribution in [1.29, 1.82) is 0 Å². The highest BCUT2D eigenvalue weighted by Crippen LogP contribution is 2.43. The maximum Gasteiger partial charge on any atom is 0.0329 e. The molecule has 1 rings (SSSR count). The van der Waals surface area contributed by atoms with E-state index in [0.717, 1.165) is 19.0 Å². The van der Waals surface area contributed by atoms with Crippen molar-refractivity contribution in [2.75, 3.05) is 20.1 Å². The molecule has 0 bridgehead atoms. The topological polar surface area (TPSA) is 29.3 Å². The summed E-state index contributed by atoms with van der Waals surface area (Å²) in [5.41, 5.74) is 7.21. The van der Waals surface area contributed by atoms with Crippen molar-refractivity contribution in [3.05, 3.63) is 0 Å². The normalized spacial score (nSPS) is 29.8. The maximum atomic E-state index is 6.17. The summed E-state index contributed by atoms with van der Waals surface area (Å²) in [5, 5.41) is 0. The van der Waals surface area contributed by atoms with E-state index < -0.39 is 0 Å². The Balaban J connectivity index is 2.70. The zero-order chi connectivity index (χ0) is 14.9. The van der Waals surface area contributed by atoms with Crippen LogP contribution in [0.1, 0.15) is 67.2 Å². The van der Waals surface area contributed by atoms with Crippen LogP contribution in [0.2, 0.25) is 0 Å². The first kappa shape index (κ1) is 17.0. The van der Waals surface area contributed by atoms with Crippen LogP contribution in [-0.4, -0.2) is 30.6 Å². The molecule has 19 heavy (non-hydrogen) atoms. The molecule has 0 aliphatic heterocycles. The molecule has 1 fully saturated rings. The van der Waals surface area contributed by atoms with Crippen LogP contribution in [0.15, 0.2) is 0 Å². The third kappa shape index (κ3) is 4.46. The molecule has 1 aliphatic carbocycles. The van der Waals surface area contributed by atoms with Crippen molar-refractivity contribution in [1.82, 2.24) is 4.90 Å². The summed E-state index contributed by atoms with van der Waals surface area (Å²) >= 11 is 0. The second-order valence-electron chi connectivity index (χ2n) is 8.99. The van der Waals surface area contributed by atoms with E-state index in [-0.39, 0.29) is 5.54 Å². The molecule has 0 atom stereocenters. The molecule has 0 heterocycles. The van der Waals surface area contributed by atoms with Crippen LogP contribution in [0.5, 0.6) is 0 Å². The second-order valence-corrected chi connectivity index (χ2v) is 8.99. The lowest BCUT2D eigenvalue weighted by Gasteiger charge is -2.49. The Labute approximate surface area is 121 Å². The van der Waals surface area contributed by atoms with Gasteiger partial charge in [0, 0.05) is 18.6 Å². The third-order valence-electron chi connectivity index (χ3n) is 5.04. The number of hydrogen-bond acceptors (Lipinski definition) is 2. The molecule has 0 saturated heterocycles. The van der Waals surface area contributed by atoms with Gasteiger partial charge in [-0.3, -0.25) is 4.90 Å². The Bertz CT molecular complexity index is 275. The van der Waals surface area contributed by atoms with E-state index >= 15 is 0 Å². The molecule has 0 aromatic heterocycles. The van der Waals surface area contributed by atoms with Crippen LogP contribution in [0.3, 0.4) is 0 Å². The fraction of sp³-hybridized carbons (Fsp3) is 1.00. The maximum absolute atomic E-state index is 6.17. The smallest absolute Gasteiger partial charge is 0.0329 e. The average molecular weight is 268 g/mol. The molecule has 1 saturated carbocycles. The number of rotatable bonds is 3. The van der Waals surface area contributed by atoms with Gasteiger partial charge in [0.05, 0.1) is 0 Å². The van der Waals surface area contributed by atoms with Gasteiger partial charge in [0.1, 0.15) is 0 Å². The molecule has 0 amide bonds. The molecule has 0 aromatic rings. The summed E-state index contributed by atoms with van der Waals surface area (Å²) < 4.78 is 0. The van der Waals surface area contributed by atoms with E-state index in [1.807, 2.05) is 0 Å². The molecule has 0 aromatic carbocycles. The lowest BCUT2D eigenvalue weighted by atomic mass is 9.66. The third-order valence-corrected chi connectivity index (χ3v) is 5.04. The minimum absolute atomic E-state index is 0.245. The highest BCUT2D eigenvalue weighted by molar-refractivity contribution is 4.97. The van der Waals surface area contributed by atoms with Crippen molar-refractivity contribution < 1.29 is 0 Å². The largest absolute Gasteiger partial charge is 0.329 e. The fourth-order valence-electron chi connectivity index (χ4n) is 3.64. The molecule has 1 aliphatic rings. The van der Waals surface area contributed by atoms with Crippen molar-refractivity contribution in [2.45, 2.75) is 72.8 Å². The standard InChI is InChI=1S/C17H36N2/c1-15(2,3)13-19(7)17(12-18)10-8-14(9-11-17)16(4,5)6/h14H,8-13,18H2,1-7H3. The SMILES string of the molecule is CN(CC(C)(C)C)C1(CN)CCC(C(C)(C)C)CC1. The highest BCUT2D eigenvalue weighted by Gasteiger charge is 2.41. The first-order valence-electron chi connectivity index (χ1n) is 7.91. The Kier molecular flexibility index (Phi) is 5.12. The predicted octanol–water partition coefficient (Wildman–Crippen LogP) is 3.90. The molecular formula is C17H36N2. The van der Waals surface area contributed by atoms with Crippen LogP contribution in [0.25, 0.3) is 0 Å². The van der Waals surface area contributed by atoms with E-state index in [2.05, 4.69) is 53.5 Å². The van der Waals surface area contributed by atoms with Gasteiger partial charge in [-0.25, -0.2) is 0 Å². The van der Waals surface area contributed by atoms with Gasteiger partial charge >= 0.3 is 0 Å². The predicted molar refractivity (Wildman–Crippen MR) is 85.3 cm³/mol. The Morgan fingerprint density at radius 3 is 1.84 bits per heavy atom. The van der Waals surface area contributed by atoms with Gasteiger partial charge in [-0.1, -0.05) is 41.5 Å². The van der Waals surface area contributed by atoms with Gasteiger partial charge in [-0.15, -0.1) is 0 Å². The summed E-state index contributed by atoms with van der Waals surface area (Å²) in [7, 11) is 2.27. The Morgan fingerprint density at radius 2 is 1.53 bits per heavy atom.